The number of thioether (sulfide) groups is 1. The minimum absolute atomic E-state index is 0.0110. The minimum atomic E-state index is 0.0110. The van der Waals surface area contributed by atoms with Crippen LogP contribution >= 0.6 is 23.1 Å². The molecular formula is C23H23N3O3S2. The minimum Gasteiger partial charge on any atom is -0.497 e. The molecule has 0 fully saturated rings. The Balaban J connectivity index is 1.60. The van der Waals surface area contributed by atoms with Gasteiger partial charge >= 0.3 is 0 Å². The van der Waals surface area contributed by atoms with Gasteiger partial charge < -0.3 is 9.47 Å². The summed E-state index contributed by atoms with van der Waals surface area (Å²) in [4.78, 5) is 22.5. The van der Waals surface area contributed by atoms with E-state index in [4.69, 9.17) is 19.4 Å². The molecule has 0 atom stereocenters. The van der Waals surface area contributed by atoms with E-state index in [1.54, 1.807) is 30.1 Å². The fourth-order valence-corrected chi connectivity index (χ4v) is 5.16. The lowest BCUT2D eigenvalue weighted by molar-refractivity contribution is 0.395. The van der Waals surface area contributed by atoms with Crippen LogP contribution in [0, 0.1) is 0 Å². The quantitative estimate of drug-likeness (QED) is 0.269. The third-order valence-corrected chi connectivity index (χ3v) is 6.75. The van der Waals surface area contributed by atoms with Gasteiger partial charge in [0.15, 0.2) is 5.16 Å². The van der Waals surface area contributed by atoms with E-state index in [9.17, 15) is 4.79 Å². The number of fused-ring (bicyclic) bond motifs is 1. The van der Waals surface area contributed by atoms with Crippen molar-refractivity contribution in [1.29, 1.82) is 0 Å². The first kappa shape index (κ1) is 21.4. The molecule has 0 radical (unpaired) electrons. The highest BCUT2D eigenvalue weighted by Gasteiger charge is 2.14. The molecule has 0 aliphatic rings. The number of benzene rings is 2. The van der Waals surface area contributed by atoms with Crippen molar-refractivity contribution in [3.8, 4) is 22.1 Å². The molecule has 0 aliphatic carbocycles. The van der Waals surface area contributed by atoms with Gasteiger partial charge in [-0.2, -0.15) is 0 Å². The second-order valence-electron chi connectivity index (χ2n) is 6.87. The highest BCUT2D eigenvalue weighted by atomic mass is 32.2. The van der Waals surface area contributed by atoms with Crippen molar-refractivity contribution in [1.82, 2.24) is 14.5 Å². The van der Waals surface area contributed by atoms with Crippen LogP contribution in [0.1, 0.15) is 19.0 Å². The van der Waals surface area contributed by atoms with Crippen LogP contribution in [-0.2, 0) is 12.3 Å². The molecule has 0 saturated carbocycles. The Kier molecular flexibility index (Phi) is 6.58. The van der Waals surface area contributed by atoms with Gasteiger partial charge in [-0.25, -0.2) is 9.97 Å². The smallest absolute Gasteiger partial charge is 0.262 e. The fourth-order valence-electron chi connectivity index (χ4n) is 3.29. The zero-order chi connectivity index (χ0) is 21.8. The van der Waals surface area contributed by atoms with E-state index in [1.165, 1.54) is 11.8 Å². The molecule has 0 bridgehead atoms. The highest BCUT2D eigenvalue weighted by molar-refractivity contribution is 7.98. The number of nitrogens with zero attached hydrogens (tertiary/aromatic N) is 3. The Morgan fingerprint density at radius 1 is 1.10 bits per heavy atom. The second-order valence-corrected chi connectivity index (χ2v) is 8.67. The molecular weight excluding hydrogens is 430 g/mol. The summed E-state index contributed by atoms with van der Waals surface area (Å²) in [5.74, 6) is 2.09. The summed E-state index contributed by atoms with van der Waals surface area (Å²) in [7, 11) is 3.27. The van der Waals surface area contributed by atoms with Crippen LogP contribution < -0.4 is 15.0 Å². The molecule has 0 unspecified atom stereocenters. The third-order valence-electron chi connectivity index (χ3n) is 4.81. The first-order valence-corrected chi connectivity index (χ1v) is 11.8. The number of methoxy groups -OCH3 is 2. The lowest BCUT2D eigenvalue weighted by Gasteiger charge is -2.11. The van der Waals surface area contributed by atoms with Crippen LogP contribution in [0.4, 0.5) is 0 Å². The van der Waals surface area contributed by atoms with Gasteiger partial charge in [-0.3, -0.25) is 9.36 Å². The fraction of sp³-hybridized carbons (Fsp3) is 0.261. The predicted octanol–water partition coefficient (Wildman–Crippen LogP) is 5.24. The molecule has 4 aromatic rings. The maximum atomic E-state index is 12.9. The van der Waals surface area contributed by atoms with Crippen LogP contribution in [0.2, 0.25) is 0 Å². The first-order valence-electron chi connectivity index (χ1n) is 9.93. The normalized spacial score (nSPS) is 11.1. The Bertz CT molecular complexity index is 1270. The molecule has 2 aromatic carbocycles. The van der Waals surface area contributed by atoms with Crippen molar-refractivity contribution in [2.75, 3.05) is 14.2 Å². The monoisotopic (exact) mass is 453 g/mol. The van der Waals surface area contributed by atoms with Gasteiger partial charge in [0.1, 0.15) is 16.5 Å². The number of hydrogen-bond acceptors (Lipinski definition) is 7. The van der Waals surface area contributed by atoms with Crippen molar-refractivity contribution >= 4 is 34.0 Å². The number of aromatic nitrogens is 3. The summed E-state index contributed by atoms with van der Waals surface area (Å²) in [5, 5.41) is 4.30. The first-order chi connectivity index (χ1) is 15.1. The summed E-state index contributed by atoms with van der Waals surface area (Å²) in [6.45, 7) is 2.70. The van der Waals surface area contributed by atoms with Crippen LogP contribution in [0.5, 0.6) is 11.5 Å². The van der Waals surface area contributed by atoms with Crippen molar-refractivity contribution in [3.05, 3.63) is 63.9 Å². The summed E-state index contributed by atoms with van der Waals surface area (Å²) in [6, 6.07) is 13.2. The van der Waals surface area contributed by atoms with E-state index in [2.05, 4.69) is 6.92 Å². The summed E-state index contributed by atoms with van der Waals surface area (Å²) in [5.41, 5.74) is 2.60. The summed E-state index contributed by atoms with van der Waals surface area (Å²) in [6.07, 6.45) is 0.867. The standard InChI is InChI=1S/C23H23N3O3S2/c1-4-11-26-22(27)17-7-5-6-8-19(17)25-23(26)31-14-15-13-30-21(24-15)18-10-9-16(28-2)12-20(18)29-3/h5-10,12-13H,4,11,14H2,1-3H3. The molecule has 2 aromatic heterocycles. The molecule has 160 valence electrons. The van der Waals surface area contributed by atoms with E-state index < -0.39 is 0 Å². The summed E-state index contributed by atoms with van der Waals surface area (Å²) >= 11 is 3.11. The number of hydrogen-bond donors (Lipinski definition) is 0. The van der Waals surface area contributed by atoms with E-state index in [1.807, 2.05) is 47.8 Å². The van der Waals surface area contributed by atoms with Crippen molar-refractivity contribution in [3.63, 3.8) is 0 Å². The van der Waals surface area contributed by atoms with Crippen LogP contribution in [0.15, 0.2) is 57.8 Å². The molecule has 0 saturated heterocycles. The summed E-state index contributed by atoms with van der Waals surface area (Å²) < 4.78 is 12.6. The Morgan fingerprint density at radius 3 is 2.71 bits per heavy atom. The number of ether oxygens (including phenoxy) is 2. The van der Waals surface area contributed by atoms with E-state index in [0.717, 1.165) is 44.9 Å². The van der Waals surface area contributed by atoms with Gasteiger partial charge in [0.05, 0.1) is 36.4 Å². The van der Waals surface area contributed by atoms with Crippen LogP contribution in [-0.4, -0.2) is 28.8 Å². The maximum absolute atomic E-state index is 12.9. The largest absolute Gasteiger partial charge is 0.497 e. The molecule has 2 heterocycles. The van der Waals surface area contributed by atoms with Gasteiger partial charge in [-0.15, -0.1) is 11.3 Å². The molecule has 0 aliphatic heterocycles. The Morgan fingerprint density at radius 2 is 1.94 bits per heavy atom. The van der Waals surface area contributed by atoms with Gasteiger partial charge in [0, 0.05) is 23.7 Å². The average molecular weight is 454 g/mol. The predicted molar refractivity (Wildman–Crippen MR) is 127 cm³/mol. The van der Waals surface area contributed by atoms with E-state index in [-0.39, 0.29) is 5.56 Å². The van der Waals surface area contributed by atoms with E-state index >= 15 is 0 Å². The zero-order valence-electron chi connectivity index (χ0n) is 17.6. The van der Waals surface area contributed by atoms with Crippen LogP contribution in [0.3, 0.4) is 0 Å². The number of rotatable bonds is 8. The van der Waals surface area contributed by atoms with Crippen molar-refractivity contribution in [2.45, 2.75) is 30.8 Å². The van der Waals surface area contributed by atoms with E-state index in [0.29, 0.717) is 17.7 Å². The van der Waals surface area contributed by atoms with Gasteiger partial charge in [0.2, 0.25) is 0 Å². The van der Waals surface area contributed by atoms with Gasteiger partial charge in [-0.05, 0) is 30.7 Å². The third kappa shape index (κ3) is 4.45. The van der Waals surface area contributed by atoms with Gasteiger partial charge in [-0.1, -0.05) is 30.8 Å². The molecule has 0 amide bonds. The van der Waals surface area contributed by atoms with Crippen molar-refractivity contribution in [2.24, 2.45) is 0 Å². The zero-order valence-corrected chi connectivity index (χ0v) is 19.3. The van der Waals surface area contributed by atoms with Crippen LogP contribution in [0.25, 0.3) is 21.5 Å². The second kappa shape index (κ2) is 9.53. The van der Waals surface area contributed by atoms with Gasteiger partial charge in [0.25, 0.3) is 5.56 Å². The number of thiazole rings is 1. The Labute approximate surface area is 188 Å². The lowest BCUT2D eigenvalue weighted by atomic mass is 10.2. The highest BCUT2D eigenvalue weighted by Crippen LogP contribution is 2.35. The molecule has 31 heavy (non-hydrogen) atoms. The maximum Gasteiger partial charge on any atom is 0.262 e. The molecule has 0 N–H and O–H groups in total. The number of para-hydroxylation sites is 1. The Hall–Kier alpha value is -2.84. The molecule has 6 nitrogen and oxygen atoms in total. The lowest BCUT2D eigenvalue weighted by Crippen LogP contribution is -2.23. The molecule has 4 rings (SSSR count). The average Bonchev–Trinajstić information content (AvgIpc) is 3.28. The van der Waals surface area contributed by atoms with Crippen molar-refractivity contribution < 1.29 is 9.47 Å². The SMILES string of the molecule is CCCn1c(SCc2csc(-c3ccc(OC)cc3OC)n2)nc2ccccc2c1=O. The topological polar surface area (TPSA) is 66.2 Å². The molecule has 0 spiro atoms. The molecule has 8 heteroatoms.